The molecule has 1 amide bonds. The van der Waals surface area contributed by atoms with Crippen LogP contribution >= 0.6 is 11.3 Å². The molecule has 0 bridgehead atoms. The van der Waals surface area contributed by atoms with Crippen molar-refractivity contribution in [3.05, 3.63) is 58.3 Å². The van der Waals surface area contributed by atoms with Gasteiger partial charge in [-0.25, -0.2) is 0 Å². The first-order valence-electron chi connectivity index (χ1n) is 8.85. The molecule has 1 heterocycles. The van der Waals surface area contributed by atoms with Gasteiger partial charge in [-0.3, -0.25) is 9.79 Å². The summed E-state index contributed by atoms with van der Waals surface area (Å²) in [5.74, 6) is 0.769. The maximum absolute atomic E-state index is 11.8. The second-order valence-corrected chi connectivity index (χ2v) is 7.64. The molecule has 2 rings (SSSR count). The molecule has 0 spiro atoms. The Bertz CT molecular complexity index is 696. The quantitative estimate of drug-likeness (QED) is 0.379. The molecule has 3 N–H and O–H groups in total. The summed E-state index contributed by atoms with van der Waals surface area (Å²) in [6.07, 6.45) is 0.833. The van der Waals surface area contributed by atoms with E-state index in [1.807, 2.05) is 23.6 Å². The van der Waals surface area contributed by atoms with Crippen molar-refractivity contribution in [2.45, 2.75) is 25.7 Å². The number of carbonyl (C=O) groups excluding carboxylic acids is 1. The van der Waals surface area contributed by atoms with E-state index in [1.165, 1.54) is 16.9 Å². The lowest BCUT2D eigenvalue weighted by molar-refractivity contribution is 0.0957. The minimum Gasteiger partial charge on any atom is -0.356 e. The van der Waals surface area contributed by atoms with Crippen LogP contribution in [0, 0.1) is 0 Å². The minimum absolute atomic E-state index is 0.00730. The van der Waals surface area contributed by atoms with Crippen LogP contribution < -0.4 is 16.0 Å². The zero-order valence-corrected chi connectivity index (χ0v) is 16.5. The van der Waals surface area contributed by atoms with Crippen LogP contribution in [0.4, 0.5) is 0 Å². The molecule has 5 nitrogen and oxygen atoms in total. The highest BCUT2D eigenvalue weighted by Gasteiger charge is 2.20. The van der Waals surface area contributed by atoms with Crippen molar-refractivity contribution in [2.75, 3.05) is 26.7 Å². The molecule has 0 saturated carbocycles. The Morgan fingerprint density at radius 1 is 1.04 bits per heavy atom. The number of aliphatic imine (C=N–C) groups is 1. The Hall–Kier alpha value is -2.34. The van der Waals surface area contributed by atoms with Gasteiger partial charge in [0.05, 0.1) is 4.88 Å². The molecule has 0 aliphatic heterocycles. The van der Waals surface area contributed by atoms with Crippen molar-refractivity contribution >= 4 is 23.2 Å². The fourth-order valence-corrected chi connectivity index (χ4v) is 3.15. The van der Waals surface area contributed by atoms with Crippen LogP contribution in [0.3, 0.4) is 0 Å². The largest absolute Gasteiger partial charge is 0.356 e. The second-order valence-electron chi connectivity index (χ2n) is 6.69. The summed E-state index contributed by atoms with van der Waals surface area (Å²) in [7, 11) is 1.77. The molecule has 1 aromatic heterocycles. The lowest BCUT2D eigenvalue weighted by atomic mass is 9.85. The first kappa shape index (κ1) is 20.0. The van der Waals surface area contributed by atoms with Crippen LogP contribution in [0.15, 0.2) is 52.8 Å². The number of amides is 1. The molecule has 26 heavy (non-hydrogen) atoms. The molecule has 140 valence electrons. The molecule has 0 radical (unpaired) electrons. The molecular formula is C20H28N4OS. The highest BCUT2D eigenvalue weighted by Crippen LogP contribution is 2.21. The van der Waals surface area contributed by atoms with Crippen molar-refractivity contribution in [3.63, 3.8) is 0 Å². The lowest BCUT2D eigenvalue weighted by Gasteiger charge is -2.26. The van der Waals surface area contributed by atoms with E-state index in [9.17, 15) is 4.79 Å². The monoisotopic (exact) mass is 372 g/mol. The molecule has 2 aromatic rings. The van der Waals surface area contributed by atoms with Crippen molar-refractivity contribution in [2.24, 2.45) is 4.99 Å². The molecule has 0 unspecified atom stereocenters. The third kappa shape index (κ3) is 6.19. The van der Waals surface area contributed by atoms with E-state index >= 15 is 0 Å². The maximum Gasteiger partial charge on any atom is 0.261 e. The summed E-state index contributed by atoms with van der Waals surface area (Å²) in [4.78, 5) is 16.9. The summed E-state index contributed by atoms with van der Waals surface area (Å²) < 4.78 is 0. The summed E-state index contributed by atoms with van der Waals surface area (Å²) >= 11 is 1.45. The zero-order valence-electron chi connectivity index (χ0n) is 15.7. The van der Waals surface area contributed by atoms with Gasteiger partial charge in [-0.2, -0.15) is 0 Å². The first-order valence-corrected chi connectivity index (χ1v) is 9.72. The van der Waals surface area contributed by atoms with Crippen molar-refractivity contribution in [1.29, 1.82) is 0 Å². The number of hydrogen-bond acceptors (Lipinski definition) is 3. The molecule has 0 fully saturated rings. The number of carbonyl (C=O) groups is 1. The van der Waals surface area contributed by atoms with E-state index < -0.39 is 0 Å². The van der Waals surface area contributed by atoms with Crippen LogP contribution in [0.25, 0.3) is 0 Å². The molecule has 0 aliphatic rings. The molecular weight excluding hydrogens is 344 g/mol. The van der Waals surface area contributed by atoms with E-state index in [0.717, 1.165) is 30.3 Å². The predicted octanol–water partition coefficient (Wildman–Crippen LogP) is 3.01. The number of benzene rings is 1. The second kappa shape index (κ2) is 9.97. The minimum atomic E-state index is -0.00730. The average molecular weight is 373 g/mol. The Kier molecular flexibility index (Phi) is 7.66. The summed E-state index contributed by atoms with van der Waals surface area (Å²) in [6.45, 7) is 6.59. The number of hydrogen-bond donors (Lipinski definition) is 3. The van der Waals surface area contributed by atoms with Gasteiger partial charge < -0.3 is 16.0 Å². The van der Waals surface area contributed by atoms with Gasteiger partial charge >= 0.3 is 0 Å². The van der Waals surface area contributed by atoms with Gasteiger partial charge in [0.2, 0.25) is 0 Å². The Balaban J connectivity index is 1.67. The van der Waals surface area contributed by atoms with Gasteiger partial charge in [0, 0.05) is 32.1 Å². The average Bonchev–Trinajstić information content (AvgIpc) is 3.19. The van der Waals surface area contributed by atoms with Crippen molar-refractivity contribution in [1.82, 2.24) is 16.0 Å². The summed E-state index contributed by atoms with van der Waals surface area (Å²) in [6, 6.07) is 14.2. The van der Waals surface area contributed by atoms with Crippen LogP contribution in [0.2, 0.25) is 0 Å². The number of nitrogens with one attached hydrogen (secondary N) is 3. The first-order chi connectivity index (χ1) is 12.5. The number of thiophene rings is 1. The van der Waals surface area contributed by atoms with Gasteiger partial charge in [-0.05, 0) is 23.4 Å². The highest BCUT2D eigenvalue weighted by molar-refractivity contribution is 7.12. The van der Waals surface area contributed by atoms with E-state index in [2.05, 4.69) is 59.1 Å². The van der Waals surface area contributed by atoms with Crippen LogP contribution in [0.5, 0.6) is 0 Å². The van der Waals surface area contributed by atoms with Gasteiger partial charge in [-0.1, -0.05) is 50.2 Å². The fraction of sp³-hybridized carbons (Fsp3) is 0.400. The van der Waals surface area contributed by atoms with Crippen LogP contribution in [0.1, 0.15) is 35.5 Å². The zero-order chi connectivity index (χ0) is 18.8. The molecule has 6 heteroatoms. The lowest BCUT2D eigenvalue weighted by Crippen LogP contribution is -2.44. The van der Waals surface area contributed by atoms with Crippen LogP contribution in [-0.4, -0.2) is 38.5 Å². The molecule has 0 saturated heterocycles. The third-order valence-electron chi connectivity index (χ3n) is 4.15. The fourth-order valence-electron chi connectivity index (χ4n) is 2.51. The standard InChI is InChI=1S/C20H28N4OS/c1-20(2,16-9-5-4-6-10-16)15-24-19(21-3)23-13-8-12-22-18(25)17-11-7-14-26-17/h4-7,9-11,14H,8,12-13,15H2,1-3H3,(H,22,25)(H2,21,23,24). The van der Waals surface area contributed by atoms with E-state index in [1.54, 1.807) is 7.05 Å². The molecule has 0 aliphatic carbocycles. The highest BCUT2D eigenvalue weighted by atomic mass is 32.1. The van der Waals surface area contributed by atoms with Gasteiger partial charge in [0.25, 0.3) is 5.91 Å². The number of guanidine groups is 1. The van der Waals surface area contributed by atoms with Gasteiger partial charge in [0.15, 0.2) is 5.96 Å². The molecule has 1 aromatic carbocycles. The summed E-state index contributed by atoms with van der Waals surface area (Å²) in [5.41, 5.74) is 1.30. The number of rotatable bonds is 8. The Labute approximate surface area is 159 Å². The summed E-state index contributed by atoms with van der Waals surface area (Å²) in [5, 5.41) is 11.5. The van der Waals surface area contributed by atoms with Crippen LogP contribution in [-0.2, 0) is 5.41 Å². The van der Waals surface area contributed by atoms with Crippen molar-refractivity contribution < 1.29 is 4.79 Å². The van der Waals surface area contributed by atoms with Crippen molar-refractivity contribution in [3.8, 4) is 0 Å². The van der Waals surface area contributed by atoms with E-state index in [4.69, 9.17) is 0 Å². The third-order valence-corrected chi connectivity index (χ3v) is 5.02. The predicted molar refractivity (Wildman–Crippen MR) is 110 cm³/mol. The Morgan fingerprint density at radius 2 is 1.77 bits per heavy atom. The van der Waals surface area contributed by atoms with Gasteiger partial charge in [0.1, 0.15) is 0 Å². The van der Waals surface area contributed by atoms with E-state index in [0.29, 0.717) is 6.54 Å². The number of nitrogens with zero attached hydrogens (tertiary/aromatic N) is 1. The van der Waals surface area contributed by atoms with E-state index in [-0.39, 0.29) is 11.3 Å². The SMILES string of the molecule is CN=C(NCCCNC(=O)c1cccs1)NCC(C)(C)c1ccccc1. The molecule has 0 atom stereocenters. The normalized spacial score (nSPS) is 11.9. The Morgan fingerprint density at radius 3 is 2.42 bits per heavy atom. The maximum atomic E-state index is 11.8. The van der Waals surface area contributed by atoms with Gasteiger partial charge in [-0.15, -0.1) is 11.3 Å². The smallest absolute Gasteiger partial charge is 0.261 e. The topological polar surface area (TPSA) is 65.5 Å².